The van der Waals surface area contributed by atoms with E-state index < -0.39 is 0 Å². The lowest BCUT2D eigenvalue weighted by Gasteiger charge is -2.29. The molecule has 2 aliphatic rings. The highest BCUT2D eigenvalue weighted by atomic mass is 16.6. The van der Waals surface area contributed by atoms with Crippen LogP contribution in [0, 0.1) is 0 Å². The van der Waals surface area contributed by atoms with E-state index in [9.17, 15) is 5.11 Å². The van der Waals surface area contributed by atoms with Gasteiger partial charge in [-0.2, -0.15) is 5.10 Å². The molecule has 1 aromatic carbocycles. The third-order valence-electron chi connectivity index (χ3n) is 4.50. The molecule has 2 N–H and O–H groups in total. The van der Waals surface area contributed by atoms with E-state index in [2.05, 4.69) is 15.1 Å². The van der Waals surface area contributed by atoms with Crippen LogP contribution in [-0.4, -0.2) is 52.6 Å². The maximum Gasteiger partial charge on any atom is 0.162 e. The molecular formula is C17H21N3O3. The third kappa shape index (κ3) is 3.04. The number of rotatable bonds is 3. The van der Waals surface area contributed by atoms with Gasteiger partial charge in [-0.3, -0.25) is 10.00 Å². The van der Waals surface area contributed by atoms with Crippen LogP contribution in [0.2, 0.25) is 0 Å². The number of benzene rings is 1. The minimum Gasteiger partial charge on any atom is -0.486 e. The van der Waals surface area contributed by atoms with E-state index in [0.29, 0.717) is 13.2 Å². The van der Waals surface area contributed by atoms with E-state index >= 15 is 0 Å². The summed E-state index contributed by atoms with van der Waals surface area (Å²) < 4.78 is 11.2. The quantitative estimate of drug-likeness (QED) is 0.904. The van der Waals surface area contributed by atoms with Gasteiger partial charge in [0.1, 0.15) is 13.2 Å². The van der Waals surface area contributed by atoms with Crippen LogP contribution in [0.15, 0.2) is 24.4 Å². The lowest BCUT2D eigenvalue weighted by molar-refractivity contribution is 0.0793. The first-order chi connectivity index (χ1) is 11.3. The molecule has 2 aliphatic heterocycles. The number of piperidine rings is 1. The molecule has 2 aromatic rings. The third-order valence-corrected chi connectivity index (χ3v) is 4.50. The first-order valence-corrected chi connectivity index (χ1v) is 8.12. The number of ether oxygens (including phenoxy) is 2. The number of nitrogens with zero attached hydrogens (tertiary/aromatic N) is 2. The Bertz CT molecular complexity index is 677. The maximum atomic E-state index is 9.63. The summed E-state index contributed by atoms with van der Waals surface area (Å²) in [5.41, 5.74) is 3.24. The van der Waals surface area contributed by atoms with Crippen molar-refractivity contribution in [1.29, 1.82) is 0 Å². The second kappa shape index (κ2) is 6.22. The molecule has 1 aromatic heterocycles. The predicted molar refractivity (Wildman–Crippen MR) is 85.5 cm³/mol. The van der Waals surface area contributed by atoms with Crippen molar-refractivity contribution in [3.63, 3.8) is 0 Å². The average molecular weight is 315 g/mol. The van der Waals surface area contributed by atoms with Crippen LogP contribution < -0.4 is 9.47 Å². The molecule has 0 radical (unpaired) electrons. The molecule has 0 bridgehead atoms. The predicted octanol–water partition coefficient (Wildman–Crippen LogP) is 1.80. The first-order valence-electron chi connectivity index (χ1n) is 8.12. The van der Waals surface area contributed by atoms with Crippen molar-refractivity contribution >= 4 is 0 Å². The molecule has 0 amide bonds. The molecule has 122 valence electrons. The molecule has 0 saturated carbocycles. The van der Waals surface area contributed by atoms with E-state index in [-0.39, 0.29) is 6.10 Å². The molecule has 3 heterocycles. The van der Waals surface area contributed by atoms with Gasteiger partial charge >= 0.3 is 0 Å². The van der Waals surface area contributed by atoms with Gasteiger partial charge in [-0.25, -0.2) is 0 Å². The zero-order valence-electron chi connectivity index (χ0n) is 13.0. The summed E-state index contributed by atoms with van der Waals surface area (Å²) >= 11 is 0. The number of aliphatic hydroxyl groups is 1. The average Bonchev–Trinajstić information content (AvgIpc) is 3.05. The lowest BCUT2D eigenvalue weighted by Crippen LogP contribution is -2.35. The second-order valence-electron chi connectivity index (χ2n) is 6.14. The van der Waals surface area contributed by atoms with Crippen LogP contribution in [0.1, 0.15) is 18.4 Å². The minimum absolute atomic E-state index is 0.145. The van der Waals surface area contributed by atoms with E-state index in [0.717, 1.165) is 60.8 Å². The first kappa shape index (κ1) is 14.5. The van der Waals surface area contributed by atoms with E-state index in [1.165, 1.54) is 0 Å². The van der Waals surface area contributed by atoms with Gasteiger partial charge in [0.2, 0.25) is 0 Å². The molecule has 0 atom stereocenters. The van der Waals surface area contributed by atoms with Crippen molar-refractivity contribution in [3.05, 3.63) is 30.0 Å². The van der Waals surface area contributed by atoms with Crippen molar-refractivity contribution in [2.45, 2.75) is 25.5 Å². The number of fused-ring (bicyclic) bond motifs is 1. The van der Waals surface area contributed by atoms with E-state index in [1.54, 1.807) is 0 Å². The van der Waals surface area contributed by atoms with Gasteiger partial charge in [0.05, 0.1) is 18.0 Å². The molecule has 4 rings (SSSR count). The van der Waals surface area contributed by atoms with Gasteiger partial charge in [0.25, 0.3) is 0 Å². The Kier molecular flexibility index (Phi) is 3.93. The molecule has 6 heteroatoms. The van der Waals surface area contributed by atoms with Crippen LogP contribution in [0.3, 0.4) is 0 Å². The van der Waals surface area contributed by atoms with Crippen LogP contribution in [0.4, 0.5) is 0 Å². The van der Waals surface area contributed by atoms with E-state index in [1.807, 2.05) is 24.4 Å². The van der Waals surface area contributed by atoms with Gasteiger partial charge in [-0.05, 0) is 31.0 Å². The summed E-state index contributed by atoms with van der Waals surface area (Å²) in [6.45, 7) is 3.87. The molecule has 1 saturated heterocycles. The number of aliphatic hydroxyl groups excluding tert-OH is 1. The smallest absolute Gasteiger partial charge is 0.162 e. The Labute approximate surface area is 135 Å². The van der Waals surface area contributed by atoms with Crippen molar-refractivity contribution in [2.24, 2.45) is 0 Å². The highest BCUT2D eigenvalue weighted by molar-refractivity contribution is 5.66. The van der Waals surface area contributed by atoms with Gasteiger partial charge in [0.15, 0.2) is 11.5 Å². The molecule has 0 aliphatic carbocycles. The molecule has 23 heavy (non-hydrogen) atoms. The number of likely N-dealkylation sites (tertiary alicyclic amines) is 1. The second-order valence-corrected chi connectivity index (χ2v) is 6.14. The summed E-state index contributed by atoms with van der Waals surface area (Å²) in [7, 11) is 0. The molecule has 0 spiro atoms. The maximum absolute atomic E-state index is 9.63. The molecule has 0 unspecified atom stereocenters. The Hall–Kier alpha value is -2.05. The fourth-order valence-electron chi connectivity index (χ4n) is 3.20. The summed E-state index contributed by atoms with van der Waals surface area (Å²) in [6, 6.07) is 5.99. The summed E-state index contributed by atoms with van der Waals surface area (Å²) in [5.74, 6) is 1.58. The summed E-state index contributed by atoms with van der Waals surface area (Å²) in [5, 5.41) is 16.9. The fraction of sp³-hybridized carbons (Fsp3) is 0.471. The minimum atomic E-state index is -0.145. The SMILES string of the molecule is OC1CCN(Cc2cn[nH]c2-c2ccc3c(c2)OCCO3)CC1. The lowest BCUT2D eigenvalue weighted by atomic mass is 10.0. The Morgan fingerprint density at radius 2 is 1.96 bits per heavy atom. The van der Waals surface area contributed by atoms with Gasteiger partial charge < -0.3 is 14.6 Å². The summed E-state index contributed by atoms with van der Waals surface area (Å²) in [6.07, 6.45) is 3.43. The van der Waals surface area contributed by atoms with Gasteiger partial charge in [-0.15, -0.1) is 0 Å². The highest BCUT2D eigenvalue weighted by Crippen LogP contribution is 2.35. The molecule has 1 fully saturated rings. The van der Waals surface area contributed by atoms with Gasteiger partial charge in [0, 0.05) is 30.8 Å². The van der Waals surface area contributed by atoms with Crippen molar-refractivity contribution in [1.82, 2.24) is 15.1 Å². The molecule has 6 nitrogen and oxygen atoms in total. The number of H-pyrrole nitrogens is 1. The number of aromatic nitrogens is 2. The Morgan fingerprint density at radius 3 is 2.78 bits per heavy atom. The van der Waals surface area contributed by atoms with Crippen molar-refractivity contribution in [3.8, 4) is 22.8 Å². The normalized spacial score (nSPS) is 19.0. The Balaban J connectivity index is 1.55. The monoisotopic (exact) mass is 315 g/mol. The van der Waals surface area contributed by atoms with Crippen LogP contribution >= 0.6 is 0 Å². The topological polar surface area (TPSA) is 70.6 Å². The number of hydrogen-bond acceptors (Lipinski definition) is 5. The van der Waals surface area contributed by atoms with Gasteiger partial charge in [-0.1, -0.05) is 0 Å². The van der Waals surface area contributed by atoms with Crippen molar-refractivity contribution < 1.29 is 14.6 Å². The number of hydrogen-bond donors (Lipinski definition) is 2. The number of aromatic amines is 1. The number of nitrogens with one attached hydrogen (secondary N) is 1. The summed E-state index contributed by atoms with van der Waals surface area (Å²) in [4.78, 5) is 2.36. The fourth-order valence-corrected chi connectivity index (χ4v) is 3.20. The molecular weight excluding hydrogens is 294 g/mol. The van der Waals surface area contributed by atoms with Crippen molar-refractivity contribution in [2.75, 3.05) is 26.3 Å². The van der Waals surface area contributed by atoms with E-state index in [4.69, 9.17) is 9.47 Å². The largest absolute Gasteiger partial charge is 0.486 e. The zero-order chi connectivity index (χ0) is 15.6. The standard InChI is InChI=1S/C17H21N3O3/c21-14-3-5-20(6-4-14)11-13-10-18-19-17(13)12-1-2-15-16(9-12)23-8-7-22-15/h1-2,9-10,14,21H,3-8,11H2,(H,18,19). The highest BCUT2D eigenvalue weighted by Gasteiger charge is 2.20. The van der Waals surface area contributed by atoms with Crippen LogP contribution in [-0.2, 0) is 6.54 Å². The Morgan fingerprint density at radius 1 is 1.17 bits per heavy atom. The van der Waals surface area contributed by atoms with Crippen LogP contribution in [0.5, 0.6) is 11.5 Å². The zero-order valence-corrected chi connectivity index (χ0v) is 13.0. The van der Waals surface area contributed by atoms with Crippen LogP contribution in [0.25, 0.3) is 11.3 Å².